The zero-order valence-corrected chi connectivity index (χ0v) is 14.7. The van der Waals surface area contributed by atoms with Crippen LogP contribution in [0, 0.1) is 0 Å². The molecule has 0 spiro atoms. The lowest BCUT2D eigenvalue weighted by Crippen LogP contribution is -2.48. The van der Waals surface area contributed by atoms with Crippen LogP contribution in [-0.4, -0.2) is 51.4 Å². The molecule has 1 N–H and O–H groups in total. The molecule has 5 nitrogen and oxygen atoms in total. The normalized spacial score (nSPS) is 23.0. The Morgan fingerprint density at radius 1 is 1.35 bits per heavy atom. The van der Waals surface area contributed by atoms with Crippen LogP contribution in [0.4, 0.5) is 0 Å². The average molecular weight is 339 g/mol. The molecule has 0 aromatic carbocycles. The highest BCUT2D eigenvalue weighted by Gasteiger charge is 2.31. The monoisotopic (exact) mass is 338 g/mol. The molecule has 23 heavy (non-hydrogen) atoms. The Hall–Kier alpha value is -1.07. The number of rotatable bonds is 6. The molecule has 2 aliphatic heterocycles. The Morgan fingerprint density at radius 2 is 2.22 bits per heavy atom. The number of unbranched alkanes of at least 4 members (excludes halogenated alkanes) is 1. The molecule has 1 amide bonds. The van der Waals surface area contributed by atoms with Gasteiger partial charge < -0.3 is 9.88 Å². The Kier molecular flexibility index (Phi) is 5.59. The number of imidazole rings is 1. The number of aromatic nitrogens is 2. The van der Waals surface area contributed by atoms with E-state index in [1.165, 1.54) is 0 Å². The van der Waals surface area contributed by atoms with E-state index in [4.69, 9.17) is 11.6 Å². The molecule has 1 atom stereocenters. The molecule has 0 radical (unpaired) electrons. The number of nitrogens with one attached hydrogen (secondary N) is 1. The minimum atomic E-state index is 0.332. The molecule has 0 saturated carbocycles. The van der Waals surface area contributed by atoms with Crippen molar-refractivity contribution in [3.63, 3.8) is 0 Å². The van der Waals surface area contributed by atoms with Gasteiger partial charge in [-0.15, -0.1) is 0 Å². The number of H-pyrrole nitrogens is 1. The first-order chi connectivity index (χ1) is 11.2. The molecule has 2 saturated heterocycles. The lowest BCUT2D eigenvalue weighted by Gasteiger charge is -2.37. The van der Waals surface area contributed by atoms with E-state index in [2.05, 4.69) is 26.7 Å². The van der Waals surface area contributed by atoms with Gasteiger partial charge in [0.2, 0.25) is 5.91 Å². The van der Waals surface area contributed by atoms with Crippen molar-refractivity contribution < 1.29 is 4.79 Å². The third kappa shape index (κ3) is 4.07. The third-order valence-electron chi connectivity index (χ3n) is 4.96. The zero-order chi connectivity index (χ0) is 16.2. The fraction of sp³-hybridized carbons (Fsp3) is 0.765. The Balaban J connectivity index is 1.59. The fourth-order valence-corrected chi connectivity index (χ4v) is 3.92. The van der Waals surface area contributed by atoms with Gasteiger partial charge in [0, 0.05) is 38.5 Å². The van der Waals surface area contributed by atoms with Crippen LogP contribution in [0.2, 0.25) is 5.15 Å². The summed E-state index contributed by atoms with van der Waals surface area (Å²) in [4.78, 5) is 24.3. The highest BCUT2D eigenvalue weighted by atomic mass is 35.5. The second kappa shape index (κ2) is 7.67. The molecular weight excluding hydrogens is 312 g/mol. The van der Waals surface area contributed by atoms with E-state index >= 15 is 0 Å². The Labute approximate surface area is 143 Å². The summed E-state index contributed by atoms with van der Waals surface area (Å²) in [6, 6.07) is 0.375. The first-order valence-electron chi connectivity index (χ1n) is 8.92. The first kappa shape index (κ1) is 16.8. The minimum Gasteiger partial charge on any atom is -0.344 e. The highest BCUT2D eigenvalue weighted by molar-refractivity contribution is 6.30. The number of aryl methyl sites for hydroxylation is 1. The average Bonchev–Trinajstić information content (AvgIpc) is 3.12. The summed E-state index contributed by atoms with van der Waals surface area (Å²) < 4.78 is 0. The van der Waals surface area contributed by atoms with Crippen LogP contribution in [-0.2, 0) is 17.8 Å². The van der Waals surface area contributed by atoms with Gasteiger partial charge in [0.15, 0.2) is 5.15 Å². The fourth-order valence-electron chi connectivity index (χ4n) is 3.71. The van der Waals surface area contributed by atoms with Gasteiger partial charge in [-0.2, -0.15) is 0 Å². The molecular formula is C17H27ClN4O. The molecule has 1 aromatic heterocycles. The van der Waals surface area contributed by atoms with Crippen LogP contribution in [0.15, 0.2) is 0 Å². The maximum atomic E-state index is 12.0. The number of aromatic amines is 1. The van der Waals surface area contributed by atoms with Crippen LogP contribution in [0.3, 0.4) is 0 Å². The van der Waals surface area contributed by atoms with Crippen LogP contribution < -0.4 is 0 Å². The lowest BCUT2D eigenvalue weighted by atomic mass is 10.0. The third-order valence-corrected chi connectivity index (χ3v) is 5.27. The van der Waals surface area contributed by atoms with E-state index in [1.807, 2.05) is 0 Å². The van der Waals surface area contributed by atoms with Gasteiger partial charge in [0.05, 0.1) is 5.69 Å². The van der Waals surface area contributed by atoms with Crippen molar-refractivity contribution >= 4 is 17.5 Å². The van der Waals surface area contributed by atoms with Crippen LogP contribution in [0.25, 0.3) is 0 Å². The molecule has 0 aliphatic carbocycles. The summed E-state index contributed by atoms with van der Waals surface area (Å²) in [6.07, 6.45) is 7.26. The predicted octanol–water partition coefficient (Wildman–Crippen LogP) is 2.99. The van der Waals surface area contributed by atoms with Crippen molar-refractivity contribution in [1.29, 1.82) is 0 Å². The largest absolute Gasteiger partial charge is 0.344 e. The van der Waals surface area contributed by atoms with Crippen LogP contribution >= 0.6 is 11.6 Å². The first-order valence-corrected chi connectivity index (χ1v) is 9.30. The van der Waals surface area contributed by atoms with Crippen LogP contribution in [0.5, 0.6) is 0 Å². The molecule has 2 aliphatic rings. The van der Waals surface area contributed by atoms with E-state index in [0.29, 0.717) is 17.1 Å². The number of halogens is 1. The van der Waals surface area contributed by atoms with E-state index in [1.54, 1.807) is 0 Å². The van der Waals surface area contributed by atoms with E-state index in [-0.39, 0.29) is 0 Å². The number of likely N-dealkylation sites (tertiary alicyclic amines) is 2. The van der Waals surface area contributed by atoms with Crippen molar-refractivity contribution in [2.45, 2.75) is 64.5 Å². The standard InChI is InChI=1S/C17H27ClN4O/c1-2-3-7-15-19-14(17(18)20-15)12-21-9-4-6-13(11-21)22-10-5-8-16(22)23/h13H,2-12H2,1H3,(H,19,20)/t13-/m0/s1. The summed E-state index contributed by atoms with van der Waals surface area (Å²) in [7, 11) is 0. The minimum absolute atomic E-state index is 0.332. The molecule has 6 heteroatoms. The van der Waals surface area contributed by atoms with Gasteiger partial charge in [-0.1, -0.05) is 24.9 Å². The topological polar surface area (TPSA) is 52.2 Å². The summed E-state index contributed by atoms with van der Waals surface area (Å²) in [5.41, 5.74) is 1.02. The maximum Gasteiger partial charge on any atom is 0.222 e. The van der Waals surface area contributed by atoms with Gasteiger partial charge in [0.25, 0.3) is 0 Å². The van der Waals surface area contributed by atoms with Gasteiger partial charge in [-0.25, -0.2) is 4.98 Å². The second-order valence-corrected chi connectivity index (χ2v) is 7.14. The summed E-state index contributed by atoms with van der Waals surface area (Å²) in [6.45, 7) is 5.93. The van der Waals surface area contributed by atoms with Crippen molar-refractivity contribution in [3.8, 4) is 0 Å². The quantitative estimate of drug-likeness (QED) is 0.867. The Bertz CT molecular complexity index is 545. The molecule has 0 unspecified atom stereocenters. The molecule has 0 bridgehead atoms. The van der Waals surface area contributed by atoms with E-state index < -0.39 is 0 Å². The molecule has 3 heterocycles. The number of carbonyl (C=O) groups excluding carboxylic acids is 1. The number of amides is 1. The summed E-state index contributed by atoms with van der Waals surface area (Å²) in [5.74, 6) is 1.33. The number of hydrogen-bond acceptors (Lipinski definition) is 3. The number of carbonyl (C=O) groups is 1. The van der Waals surface area contributed by atoms with E-state index in [9.17, 15) is 4.79 Å². The van der Waals surface area contributed by atoms with Gasteiger partial charge >= 0.3 is 0 Å². The van der Waals surface area contributed by atoms with Crippen molar-refractivity contribution in [2.24, 2.45) is 0 Å². The molecule has 2 fully saturated rings. The molecule has 128 valence electrons. The van der Waals surface area contributed by atoms with Gasteiger partial charge in [0.1, 0.15) is 5.82 Å². The maximum absolute atomic E-state index is 12.0. The second-order valence-electron chi connectivity index (χ2n) is 6.78. The molecule has 3 rings (SSSR count). The Morgan fingerprint density at radius 3 is 2.96 bits per heavy atom. The summed E-state index contributed by atoms with van der Waals surface area (Å²) in [5, 5.41) is 0.607. The number of nitrogens with zero attached hydrogens (tertiary/aromatic N) is 3. The lowest BCUT2D eigenvalue weighted by molar-refractivity contribution is -0.130. The van der Waals surface area contributed by atoms with Crippen molar-refractivity contribution in [1.82, 2.24) is 19.8 Å². The number of hydrogen-bond donors (Lipinski definition) is 1. The SMILES string of the molecule is CCCCc1nc(Cl)c(CN2CCC[C@H](N3CCCC3=O)C2)[nH]1. The van der Waals surface area contributed by atoms with Crippen molar-refractivity contribution in [3.05, 3.63) is 16.7 Å². The smallest absolute Gasteiger partial charge is 0.222 e. The zero-order valence-electron chi connectivity index (χ0n) is 14.0. The highest BCUT2D eigenvalue weighted by Crippen LogP contribution is 2.24. The van der Waals surface area contributed by atoms with E-state index in [0.717, 1.165) is 82.6 Å². The predicted molar refractivity (Wildman–Crippen MR) is 91.5 cm³/mol. The molecule has 1 aromatic rings. The number of piperidine rings is 1. The summed E-state index contributed by atoms with van der Waals surface area (Å²) >= 11 is 6.30. The van der Waals surface area contributed by atoms with Crippen molar-refractivity contribution in [2.75, 3.05) is 19.6 Å². The van der Waals surface area contributed by atoms with Gasteiger partial charge in [-0.3, -0.25) is 9.69 Å². The van der Waals surface area contributed by atoms with Crippen LogP contribution in [0.1, 0.15) is 57.0 Å². The van der Waals surface area contributed by atoms with Gasteiger partial charge in [-0.05, 0) is 32.2 Å².